The van der Waals surface area contributed by atoms with Crippen LogP contribution in [0.2, 0.25) is 0 Å². The zero-order valence-corrected chi connectivity index (χ0v) is 15.7. The molecule has 2 heterocycles. The van der Waals surface area contributed by atoms with Crippen LogP contribution in [0.1, 0.15) is 6.92 Å². The molecule has 0 radical (unpaired) electrons. The molecule has 1 amide bonds. The number of tetrazole rings is 1. The van der Waals surface area contributed by atoms with E-state index >= 15 is 0 Å². The van der Waals surface area contributed by atoms with Crippen molar-refractivity contribution in [1.29, 1.82) is 0 Å². The third kappa shape index (κ3) is 3.83. The largest absolute Gasteiger partial charge is 0.383 e. The van der Waals surface area contributed by atoms with Crippen LogP contribution in [0.15, 0.2) is 54.7 Å². The molecule has 30 heavy (non-hydrogen) atoms. The summed E-state index contributed by atoms with van der Waals surface area (Å²) in [4.78, 5) is 15.5. The summed E-state index contributed by atoms with van der Waals surface area (Å²) in [5.74, 6) is -1.40. The molecule has 4 rings (SSSR count). The molecule has 0 aliphatic carbocycles. The maximum atomic E-state index is 13.7. The summed E-state index contributed by atoms with van der Waals surface area (Å²) in [5, 5.41) is 14.1. The predicted octanol–water partition coefficient (Wildman–Crippen LogP) is 3.21. The Morgan fingerprint density at radius 2 is 1.83 bits per heavy atom. The number of anilines is 2. The molecule has 0 saturated carbocycles. The van der Waals surface area contributed by atoms with Crippen LogP contribution in [0.4, 0.5) is 20.3 Å². The fourth-order valence-corrected chi connectivity index (χ4v) is 2.98. The number of carbonyl (C=O) groups is 1. The first-order valence-electron chi connectivity index (χ1n) is 8.79. The Labute approximate surface area is 169 Å². The summed E-state index contributed by atoms with van der Waals surface area (Å²) in [6.07, 6.45) is 1.57. The van der Waals surface area contributed by atoms with Crippen molar-refractivity contribution in [1.82, 2.24) is 25.2 Å². The van der Waals surface area contributed by atoms with Crippen molar-refractivity contribution in [2.24, 2.45) is 0 Å². The third-order valence-electron chi connectivity index (χ3n) is 4.24. The Kier molecular flexibility index (Phi) is 4.88. The lowest BCUT2D eigenvalue weighted by atomic mass is 10.0. The van der Waals surface area contributed by atoms with E-state index in [-0.39, 0.29) is 23.2 Å². The van der Waals surface area contributed by atoms with Gasteiger partial charge in [0.2, 0.25) is 5.91 Å². The molecule has 0 bridgehead atoms. The number of nitrogens with one attached hydrogen (secondary N) is 1. The number of amides is 1. The maximum Gasteiger partial charge on any atom is 0.221 e. The molecule has 0 spiro atoms. The summed E-state index contributed by atoms with van der Waals surface area (Å²) in [6.45, 7) is 1.42. The molecule has 0 saturated heterocycles. The van der Waals surface area contributed by atoms with Crippen LogP contribution in [-0.2, 0) is 4.79 Å². The second-order valence-corrected chi connectivity index (χ2v) is 6.46. The predicted molar refractivity (Wildman–Crippen MR) is 106 cm³/mol. The summed E-state index contributed by atoms with van der Waals surface area (Å²) >= 11 is 0. The van der Waals surface area contributed by atoms with Crippen LogP contribution >= 0.6 is 0 Å². The molecule has 2 aromatic heterocycles. The van der Waals surface area contributed by atoms with E-state index in [4.69, 9.17) is 5.73 Å². The van der Waals surface area contributed by atoms with Gasteiger partial charge in [0, 0.05) is 30.4 Å². The van der Waals surface area contributed by atoms with Gasteiger partial charge in [0.15, 0.2) is 5.82 Å². The second-order valence-electron chi connectivity index (χ2n) is 6.46. The number of hydrogen-bond donors (Lipinski definition) is 2. The van der Waals surface area contributed by atoms with Gasteiger partial charge in [-0.25, -0.2) is 13.8 Å². The van der Waals surface area contributed by atoms with Gasteiger partial charge >= 0.3 is 0 Å². The van der Waals surface area contributed by atoms with Crippen molar-refractivity contribution in [3.8, 4) is 28.2 Å². The van der Waals surface area contributed by atoms with E-state index in [0.29, 0.717) is 16.8 Å². The first-order chi connectivity index (χ1) is 14.4. The highest BCUT2D eigenvalue weighted by Crippen LogP contribution is 2.30. The quantitative estimate of drug-likeness (QED) is 0.537. The van der Waals surface area contributed by atoms with Gasteiger partial charge in [-0.2, -0.15) is 4.68 Å². The van der Waals surface area contributed by atoms with Gasteiger partial charge in [-0.15, -0.1) is 5.10 Å². The highest BCUT2D eigenvalue weighted by molar-refractivity contribution is 5.89. The van der Waals surface area contributed by atoms with E-state index < -0.39 is 11.6 Å². The Balaban J connectivity index is 1.79. The molecule has 8 nitrogen and oxygen atoms in total. The first kappa shape index (κ1) is 19.1. The van der Waals surface area contributed by atoms with Gasteiger partial charge in [-0.3, -0.25) is 4.79 Å². The number of aromatic nitrogens is 5. The number of benzene rings is 2. The molecular weight excluding hydrogens is 392 g/mol. The molecule has 150 valence electrons. The first-order valence-corrected chi connectivity index (χ1v) is 8.79. The number of hydrogen-bond acceptors (Lipinski definition) is 6. The van der Waals surface area contributed by atoms with E-state index in [1.165, 1.54) is 11.6 Å². The van der Waals surface area contributed by atoms with Crippen molar-refractivity contribution in [2.75, 3.05) is 11.1 Å². The molecule has 0 aliphatic rings. The van der Waals surface area contributed by atoms with Gasteiger partial charge in [0.05, 0.1) is 11.3 Å². The van der Waals surface area contributed by atoms with Gasteiger partial charge in [-0.1, -0.05) is 12.1 Å². The molecule has 0 unspecified atom stereocenters. The topological polar surface area (TPSA) is 112 Å². The van der Waals surface area contributed by atoms with Crippen molar-refractivity contribution in [3.63, 3.8) is 0 Å². The van der Waals surface area contributed by atoms with Crippen molar-refractivity contribution < 1.29 is 13.6 Å². The van der Waals surface area contributed by atoms with Gasteiger partial charge < -0.3 is 11.1 Å². The summed E-state index contributed by atoms with van der Waals surface area (Å²) in [6, 6.07) is 11.8. The number of rotatable bonds is 4. The number of nitrogens with two attached hydrogens (primary N) is 1. The van der Waals surface area contributed by atoms with Crippen LogP contribution in [0.5, 0.6) is 0 Å². The minimum Gasteiger partial charge on any atom is -0.383 e. The van der Waals surface area contributed by atoms with E-state index in [1.807, 2.05) is 6.07 Å². The van der Waals surface area contributed by atoms with Gasteiger partial charge in [0.25, 0.3) is 0 Å². The molecule has 3 N–H and O–H groups in total. The minimum absolute atomic E-state index is 0.102. The number of pyridine rings is 1. The lowest BCUT2D eigenvalue weighted by molar-refractivity contribution is -0.114. The molecule has 0 atom stereocenters. The van der Waals surface area contributed by atoms with Crippen LogP contribution < -0.4 is 11.1 Å². The molecule has 4 aromatic rings. The SMILES string of the molecule is CC(=O)Nc1cccc(-c2cnc(N)c(-c3nnnn3-c3cc(F)cc(F)c3)c2)c1. The standard InChI is InChI=1S/C20H15F2N7O/c1-11(30)25-16-4-2-3-12(5-16)13-6-18(19(23)24-10-13)20-26-27-28-29(20)17-8-14(21)7-15(22)9-17/h2-10H,1H3,(H2,23,24)(H,25,30). The zero-order valence-electron chi connectivity index (χ0n) is 15.7. The highest BCUT2D eigenvalue weighted by Gasteiger charge is 2.17. The average Bonchev–Trinajstić information content (AvgIpc) is 3.17. The van der Waals surface area contributed by atoms with Crippen LogP contribution in [-0.4, -0.2) is 31.1 Å². The number of carbonyl (C=O) groups excluding carboxylic acids is 1. The van der Waals surface area contributed by atoms with Crippen LogP contribution in [0.3, 0.4) is 0 Å². The van der Waals surface area contributed by atoms with Crippen molar-refractivity contribution in [3.05, 3.63) is 66.4 Å². The summed E-state index contributed by atoms with van der Waals surface area (Å²) in [7, 11) is 0. The van der Waals surface area contributed by atoms with Crippen molar-refractivity contribution in [2.45, 2.75) is 6.92 Å². The van der Waals surface area contributed by atoms with Crippen molar-refractivity contribution >= 4 is 17.4 Å². The Bertz CT molecular complexity index is 1240. The molecule has 2 aromatic carbocycles. The average molecular weight is 407 g/mol. The third-order valence-corrected chi connectivity index (χ3v) is 4.24. The number of nitrogen functional groups attached to an aromatic ring is 1. The fourth-order valence-electron chi connectivity index (χ4n) is 2.98. The molecule has 10 heteroatoms. The Morgan fingerprint density at radius 3 is 2.57 bits per heavy atom. The fraction of sp³-hybridized carbons (Fsp3) is 0.0500. The van der Waals surface area contributed by atoms with Crippen LogP contribution in [0, 0.1) is 11.6 Å². The van der Waals surface area contributed by atoms with E-state index in [0.717, 1.165) is 23.8 Å². The van der Waals surface area contributed by atoms with Crippen LogP contribution in [0.25, 0.3) is 28.2 Å². The van der Waals surface area contributed by atoms with Gasteiger partial charge in [-0.05, 0) is 46.3 Å². The number of nitrogens with zero attached hydrogens (tertiary/aromatic N) is 5. The Morgan fingerprint density at radius 1 is 1.07 bits per heavy atom. The Hall–Kier alpha value is -4.21. The zero-order chi connectivity index (χ0) is 21.3. The second kappa shape index (κ2) is 7.66. The molecule has 0 aliphatic heterocycles. The number of halogens is 2. The highest BCUT2D eigenvalue weighted by atomic mass is 19.1. The maximum absolute atomic E-state index is 13.7. The van der Waals surface area contributed by atoms with E-state index in [2.05, 4.69) is 25.8 Å². The van der Waals surface area contributed by atoms with Gasteiger partial charge in [0.1, 0.15) is 17.5 Å². The monoisotopic (exact) mass is 407 g/mol. The lowest BCUT2D eigenvalue weighted by Crippen LogP contribution is -2.05. The van der Waals surface area contributed by atoms with E-state index in [1.54, 1.807) is 30.5 Å². The normalized spacial score (nSPS) is 10.8. The minimum atomic E-state index is -0.763. The summed E-state index contributed by atoms with van der Waals surface area (Å²) in [5.41, 5.74) is 8.60. The summed E-state index contributed by atoms with van der Waals surface area (Å²) < 4.78 is 28.5. The molecular formula is C20H15F2N7O. The lowest BCUT2D eigenvalue weighted by Gasteiger charge is -2.10. The smallest absolute Gasteiger partial charge is 0.221 e. The van der Waals surface area contributed by atoms with E-state index in [9.17, 15) is 13.6 Å². The molecule has 0 fully saturated rings.